The molecule has 0 aliphatic rings. The summed E-state index contributed by atoms with van der Waals surface area (Å²) in [6.07, 6.45) is 0.573. The molecular formula is C13H19N5O3. The van der Waals surface area contributed by atoms with E-state index >= 15 is 0 Å². The van der Waals surface area contributed by atoms with Crippen LogP contribution in [-0.4, -0.2) is 36.2 Å². The lowest BCUT2D eigenvalue weighted by Crippen LogP contribution is -2.12. The van der Waals surface area contributed by atoms with E-state index in [0.717, 1.165) is 0 Å². The summed E-state index contributed by atoms with van der Waals surface area (Å²) >= 11 is 0. The van der Waals surface area contributed by atoms with Gasteiger partial charge >= 0.3 is 5.97 Å². The van der Waals surface area contributed by atoms with Crippen LogP contribution in [0.25, 0.3) is 0 Å². The van der Waals surface area contributed by atoms with E-state index in [0.29, 0.717) is 23.8 Å². The Hall–Kier alpha value is -2.25. The zero-order chi connectivity index (χ0) is 15.6. The lowest BCUT2D eigenvalue weighted by Gasteiger charge is -2.07. The van der Waals surface area contributed by atoms with Crippen LogP contribution in [0.4, 0.5) is 0 Å². The average Bonchev–Trinajstić information content (AvgIpc) is 2.97. The van der Waals surface area contributed by atoms with Gasteiger partial charge in [-0.1, -0.05) is 38.1 Å². The van der Waals surface area contributed by atoms with Crippen LogP contribution in [0.3, 0.4) is 0 Å². The summed E-state index contributed by atoms with van der Waals surface area (Å²) in [5.74, 6) is 0.371. The number of aromatic carboxylic acids is 1. The minimum absolute atomic E-state index is 0.0173. The first kappa shape index (κ1) is 15.1. The van der Waals surface area contributed by atoms with Crippen molar-refractivity contribution in [3.63, 3.8) is 0 Å². The Morgan fingerprint density at radius 2 is 2.05 bits per heavy atom. The molecule has 114 valence electrons. The molecule has 0 radical (unpaired) electrons. The summed E-state index contributed by atoms with van der Waals surface area (Å²) in [6.45, 7) is 8.18. The van der Waals surface area contributed by atoms with Crippen molar-refractivity contribution in [3.05, 3.63) is 23.1 Å². The highest BCUT2D eigenvalue weighted by molar-refractivity contribution is 5.86. The highest BCUT2D eigenvalue weighted by Crippen LogP contribution is 2.15. The van der Waals surface area contributed by atoms with Gasteiger partial charge in [-0.3, -0.25) is 0 Å². The molecule has 0 unspecified atom stereocenters. The molecule has 21 heavy (non-hydrogen) atoms. The predicted molar refractivity (Wildman–Crippen MR) is 73.0 cm³/mol. The number of hydrogen-bond acceptors (Lipinski definition) is 6. The lowest BCUT2D eigenvalue weighted by molar-refractivity contribution is 0.0689. The Balaban J connectivity index is 2.28. The molecule has 1 N–H and O–H groups in total. The maximum absolute atomic E-state index is 11.2. The largest absolute Gasteiger partial charge is 0.476 e. The Labute approximate surface area is 122 Å². The lowest BCUT2D eigenvalue weighted by atomic mass is 10.1. The third-order valence-corrected chi connectivity index (χ3v) is 2.91. The third kappa shape index (κ3) is 3.45. The van der Waals surface area contributed by atoms with Gasteiger partial charge in [-0.15, -0.1) is 5.10 Å². The molecule has 0 saturated heterocycles. The van der Waals surface area contributed by atoms with Crippen LogP contribution >= 0.6 is 0 Å². The van der Waals surface area contributed by atoms with Crippen LogP contribution in [0.15, 0.2) is 4.52 Å². The van der Waals surface area contributed by atoms with E-state index in [4.69, 9.17) is 9.63 Å². The summed E-state index contributed by atoms with van der Waals surface area (Å²) in [7, 11) is 0. The van der Waals surface area contributed by atoms with E-state index < -0.39 is 5.97 Å². The fourth-order valence-corrected chi connectivity index (χ4v) is 1.91. The molecule has 0 fully saturated rings. The number of hydrogen-bond donors (Lipinski definition) is 1. The average molecular weight is 293 g/mol. The van der Waals surface area contributed by atoms with E-state index in [9.17, 15) is 4.79 Å². The van der Waals surface area contributed by atoms with Crippen molar-refractivity contribution >= 4 is 5.97 Å². The number of carbonyl (C=O) groups is 1. The molecule has 0 amide bonds. The molecule has 2 aromatic rings. The summed E-state index contributed by atoms with van der Waals surface area (Å²) in [5.41, 5.74) is 0.560. The highest BCUT2D eigenvalue weighted by Gasteiger charge is 2.21. The van der Waals surface area contributed by atoms with Gasteiger partial charge in [-0.2, -0.15) is 4.98 Å². The summed E-state index contributed by atoms with van der Waals surface area (Å²) in [6, 6.07) is 0. The summed E-state index contributed by atoms with van der Waals surface area (Å²) in [5, 5.41) is 20.7. The van der Waals surface area contributed by atoms with Gasteiger partial charge in [0, 0.05) is 5.92 Å². The fraction of sp³-hybridized carbons (Fsp3) is 0.615. The number of nitrogens with zero attached hydrogens (tertiary/aromatic N) is 5. The van der Waals surface area contributed by atoms with E-state index in [1.165, 1.54) is 4.68 Å². The first-order chi connectivity index (χ1) is 9.88. The van der Waals surface area contributed by atoms with Gasteiger partial charge in [-0.05, 0) is 12.3 Å². The molecule has 2 rings (SSSR count). The van der Waals surface area contributed by atoms with Crippen LogP contribution < -0.4 is 0 Å². The van der Waals surface area contributed by atoms with Crippen molar-refractivity contribution < 1.29 is 14.4 Å². The molecule has 2 heterocycles. The van der Waals surface area contributed by atoms with Crippen molar-refractivity contribution in [2.75, 3.05) is 0 Å². The number of carboxylic acids is 1. The molecule has 0 saturated carbocycles. The van der Waals surface area contributed by atoms with Gasteiger partial charge in [0.1, 0.15) is 6.54 Å². The predicted octanol–water partition coefficient (Wildman–Crippen LogP) is 1.73. The van der Waals surface area contributed by atoms with Gasteiger partial charge in [0.05, 0.1) is 5.69 Å². The van der Waals surface area contributed by atoms with Gasteiger partial charge in [-0.25, -0.2) is 9.48 Å². The molecule has 0 aromatic carbocycles. The van der Waals surface area contributed by atoms with E-state index in [2.05, 4.69) is 20.5 Å². The minimum atomic E-state index is -1.08. The SMILES string of the molecule is CC(C)Cc1c(C(=O)O)nnn1Cc1noc(C(C)C)n1. The van der Waals surface area contributed by atoms with Crippen molar-refractivity contribution in [3.8, 4) is 0 Å². The highest BCUT2D eigenvalue weighted by atomic mass is 16.5. The van der Waals surface area contributed by atoms with Crippen LogP contribution in [0, 0.1) is 5.92 Å². The molecular weight excluding hydrogens is 274 g/mol. The first-order valence-electron chi connectivity index (χ1n) is 6.86. The van der Waals surface area contributed by atoms with Crippen LogP contribution in [0.2, 0.25) is 0 Å². The molecule has 0 atom stereocenters. The molecule has 0 aliphatic carbocycles. The Bertz CT molecular complexity index is 630. The number of rotatable bonds is 6. The van der Waals surface area contributed by atoms with Gasteiger partial charge in [0.2, 0.25) is 5.89 Å². The monoisotopic (exact) mass is 293 g/mol. The smallest absolute Gasteiger partial charge is 0.358 e. The van der Waals surface area contributed by atoms with Crippen molar-refractivity contribution in [1.29, 1.82) is 0 Å². The normalized spacial score (nSPS) is 11.5. The molecule has 0 spiro atoms. The second-order valence-corrected chi connectivity index (χ2v) is 5.65. The zero-order valence-corrected chi connectivity index (χ0v) is 12.6. The second kappa shape index (κ2) is 6.02. The van der Waals surface area contributed by atoms with E-state index in [-0.39, 0.29) is 24.1 Å². The molecule has 8 heteroatoms. The van der Waals surface area contributed by atoms with Crippen LogP contribution in [0.1, 0.15) is 61.5 Å². The van der Waals surface area contributed by atoms with E-state index in [1.54, 1.807) is 0 Å². The van der Waals surface area contributed by atoms with Gasteiger partial charge in [0.25, 0.3) is 0 Å². The number of aromatic nitrogens is 5. The molecule has 0 aliphatic heterocycles. The van der Waals surface area contributed by atoms with Gasteiger partial charge < -0.3 is 9.63 Å². The fourth-order valence-electron chi connectivity index (χ4n) is 1.91. The topological polar surface area (TPSA) is 107 Å². The quantitative estimate of drug-likeness (QED) is 0.864. The van der Waals surface area contributed by atoms with Crippen LogP contribution in [-0.2, 0) is 13.0 Å². The maximum Gasteiger partial charge on any atom is 0.358 e. The van der Waals surface area contributed by atoms with Crippen molar-refractivity contribution in [2.24, 2.45) is 5.92 Å². The first-order valence-corrected chi connectivity index (χ1v) is 6.86. The standard InChI is InChI=1S/C13H19N5O3/c1-7(2)5-9-11(13(19)20)15-17-18(9)6-10-14-12(8(3)4)21-16-10/h7-8H,5-6H2,1-4H3,(H,19,20). The summed E-state index contributed by atoms with van der Waals surface area (Å²) < 4.78 is 6.66. The molecule has 8 nitrogen and oxygen atoms in total. The van der Waals surface area contributed by atoms with Crippen molar-refractivity contribution in [1.82, 2.24) is 25.1 Å². The Kier molecular flexibility index (Phi) is 4.35. The molecule has 0 bridgehead atoms. The zero-order valence-electron chi connectivity index (χ0n) is 12.6. The Morgan fingerprint density at radius 1 is 1.33 bits per heavy atom. The maximum atomic E-state index is 11.2. The number of carboxylic acid groups (broad SMARTS) is 1. The molecule has 2 aromatic heterocycles. The van der Waals surface area contributed by atoms with Crippen LogP contribution in [0.5, 0.6) is 0 Å². The van der Waals surface area contributed by atoms with Gasteiger partial charge in [0.15, 0.2) is 11.5 Å². The second-order valence-electron chi connectivity index (χ2n) is 5.65. The minimum Gasteiger partial charge on any atom is -0.476 e. The van der Waals surface area contributed by atoms with Crippen molar-refractivity contribution in [2.45, 2.75) is 46.6 Å². The van der Waals surface area contributed by atoms with E-state index in [1.807, 2.05) is 27.7 Å². The summed E-state index contributed by atoms with van der Waals surface area (Å²) in [4.78, 5) is 15.5. The third-order valence-electron chi connectivity index (χ3n) is 2.91. The Morgan fingerprint density at radius 3 is 2.57 bits per heavy atom.